The first-order valence-corrected chi connectivity index (χ1v) is 7.26. The van der Waals surface area contributed by atoms with Gasteiger partial charge in [0.05, 0.1) is 12.0 Å². The highest BCUT2D eigenvalue weighted by Gasteiger charge is 2.41. The van der Waals surface area contributed by atoms with E-state index in [1.807, 2.05) is 6.92 Å². The quantitative estimate of drug-likeness (QED) is 0.811. The number of rotatable bonds is 7. The molecule has 3 unspecified atom stereocenters. The van der Waals surface area contributed by atoms with Gasteiger partial charge in [-0.2, -0.15) is 13.2 Å². The molecule has 0 aliphatic carbocycles. The van der Waals surface area contributed by atoms with Crippen LogP contribution >= 0.6 is 0 Å². The average molecular weight is 317 g/mol. The van der Waals surface area contributed by atoms with E-state index in [4.69, 9.17) is 0 Å². The summed E-state index contributed by atoms with van der Waals surface area (Å²) >= 11 is 0. The summed E-state index contributed by atoms with van der Waals surface area (Å²) in [5, 5.41) is 11.7. The molecule has 0 aliphatic heterocycles. The van der Waals surface area contributed by atoms with Crippen molar-refractivity contribution in [3.63, 3.8) is 0 Å². The summed E-state index contributed by atoms with van der Waals surface area (Å²) < 4.78 is 39.4. The number of hydrogen-bond acceptors (Lipinski definition) is 2. The van der Waals surface area contributed by atoms with E-state index in [0.29, 0.717) is 6.42 Å². The molecule has 6 heteroatoms. The van der Waals surface area contributed by atoms with Crippen LogP contribution in [-0.2, 0) is 4.79 Å². The summed E-state index contributed by atoms with van der Waals surface area (Å²) in [6, 6.07) is 7.44. The maximum atomic E-state index is 13.1. The molecule has 1 aromatic rings. The first kappa shape index (κ1) is 18.5. The van der Waals surface area contributed by atoms with E-state index in [0.717, 1.165) is 0 Å². The molecule has 0 saturated heterocycles. The third-order valence-corrected chi connectivity index (χ3v) is 3.38. The standard InChI is InChI=1S/C16H22F3NO2/c1-11(8-12(2)21)10-20-15(22)9-14(16(17,18)19)13-6-4-3-5-7-13/h3-7,11-12,14,21H,8-10H2,1-2H3,(H,20,22). The lowest BCUT2D eigenvalue weighted by Gasteiger charge is -2.21. The number of amides is 1. The van der Waals surface area contributed by atoms with Crippen LogP contribution in [0, 0.1) is 5.92 Å². The average Bonchev–Trinajstić information content (AvgIpc) is 2.41. The first-order valence-electron chi connectivity index (χ1n) is 7.26. The van der Waals surface area contributed by atoms with Gasteiger partial charge in [-0.3, -0.25) is 4.79 Å². The van der Waals surface area contributed by atoms with E-state index in [2.05, 4.69) is 5.32 Å². The zero-order chi connectivity index (χ0) is 16.8. The highest BCUT2D eigenvalue weighted by Crippen LogP contribution is 2.37. The summed E-state index contributed by atoms with van der Waals surface area (Å²) in [4.78, 5) is 11.8. The lowest BCUT2D eigenvalue weighted by atomic mass is 9.94. The third-order valence-electron chi connectivity index (χ3n) is 3.38. The van der Waals surface area contributed by atoms with E-state index in [9.17, 15) is 23.1 Å². The van der Waals surface area contributed by atoms with Gasteiger partial charge in [-0.1, -0.05) is 37.3 Å². The molecule has 22 heavy (non-hydrogen) atoms. The fourth-order valence-corrected chi connectivity index (χ4v) is 2.32. The zero-order valence-corrected chi connectivity index (χ0v) is 12.7. The minimum atomic E-state index is -4.47. The van der Waals surface area contributed by atoms with Crippen molar-refractivity contribution >= 4 is 5.91 Å². The molecule has 0 radical (unpaired) electrons. The molecular formula is C16H22F3NO2. The minimum absolute atomic E-state index is 0.00464. The van der Waals surface area contributed by atoms with Gasteiger partial charge in [-0.15, -0.1) is 0 Å². The summed E-state index contributed by atoms with van der Waals surface area (Å²) in [5.74, 6) is -2.44. The Labute approximate surface area is 128 Å². The van der Waals surface area contributed by atoms with Crippen LogP contribution in [0.4, 0.5) is 13.2 Å². The van der Waals surface area contributed by atoms with Gasteiger partial charge in [-0.25, -0.2) is 0 Å². The summed E-state index contributed by atoms with van der Waals surface area (Å²) in [5.41, 5.74) is 0.0854. The molecule has 3 atom stereocenters. The molecule has 0 fully saturated rings. The Morgan fingerprint density at radius 3 is 2.32 bits per heavy atom. The van der Waals surface area contributed by atoms with Crippen LogP contribution in [-0.4, -0.2) is 29.8 Å². The lowest BCUT2D eigenvalue weighted by molar-refractivity contribution is -0.157. The molecule has 0 aliphatic rings. The van der Waals surface area contributed by atoms with Crippen molar-refractivity contribution in [2.45, 2.75) is 44.9 Å². The summed E-state index contributed by atoms with van der Waals surface area (Å²) in [7, 11) is 0. The van der Waals surface area contributed by atoms with Crippen LogP contribution in [0.25, 0.3) is 0 Å². The molecular weight excluding hydrogens is 295 g/mol. The zero-order valence-electron chi connectivity index (χ0n) is 12.7. The van der Waals surface area contributed by atoms with E-state index < -0.39 is 30.5 Å². The Hall–Kier alpha value is -1.56. The van der Waals surface area contributed by atoms with Crippen LogP contribution < -0.4 is 5.32 Å². The normalized spacial score (nSPS) is 15.9. The lowest BCUT2D eigenvalue weighted by Crippen LogP contribution is -2.33. The van der Waals surface area contributed by atoms with Gasteiger partial charge >= 0.3 is 6.18 Å². The van der Waals surface area contributed by atoms with Crippen LogP contribution in [0.15, 0.2) is 30.3 Å². The fourth-order valence-electron chi connectivity index (χ4n) is 2.32. The van der Waals surface area contributed by atoms with Gasteiger partial charge in [0.1, 0.15) is 0 Å². The number of hydrogen-bond donors (Lipinski definition) is 2. The Morgan fingerprint density at radius 2 is 1.82 bits per heavy atom. The number of benzene rings is 1. The number of carbonyl (C=O) groups excluding carboxylic acids is 1. The number of aliphatic hydroxyl groups excluding tert-OH is 1. The molecule has 1 rings (SSSR count). The molecule has 124 valence electrons. The van der Waals surface area contributed by atoms with Crippen molar-refractivity contribution in [3.05, 3.63) is 35.9 Å². The predicted octanol–water partition coefficient (Wildman–Crippen LogP) is 3.25. The Bertz CT molecular complexity index is 460. The van der Waals surface area contributed by atoms with Crippen molar-refractivity contribution in [3.8, 4) is 0 Å². The molecule has 0 spiro atoms. The highest BCUT2D eigenvalue weighted by molar-refractivity contribution is 5.77. The first-order chi connectivity index (χ1) is 10.2. The third kappa shape index (κ3) is 6.47. The van der Waals surface area contributed by atoms with Crippen molar-refractivity contribution in [2.75, 3.05) is 6.54 Å². The molecule has 0 bridgehead atoms. The Morgan fingerprint density at radius 1 is 1.23 bits per heavy atom. The summed E-state index contributed by atoms with van der Waals surface area (Å²) in [6.45, 7) is 3.71. The number of alkyl halides is 3. The molecule has 3 nitrogen and oxygen atoms in total. The monoisotopic (exact) mass is 317 g/mol. The Balaban J connectivity index is 2.62. The van der Waals surface area contributed by atoms with Gasteiger partial charge in [0.2, 0.25) is 5.91 Å². The number of aliphatic hydroxyl groups is 1. The molecule has 0 heterocycles. The van der Waals surface area contributed by atoms with Crippen LogP contribution in [0.1, 0.15) is 38.2 Å². The maximum absolute atomic E-state index is 13.1. The van der Waals surface area contributed by atoms with Crippen molar-refractivity contribution in [2.24, 2.45) is 5.92 Å². The van der Waals surface area contributed by atoms with E-state index in [-0.39, 0.29) is 18.0 Å². The smallest absolute Gasteiger partial charge is 0.393 e. The van der Waals surface area contributed by atoms with Gasteiger partial charge in [0.15, 0.2) is 0 Å². The second-order valence-electron chi connectivity index (χ2n) is 5.70. The SMILES string of the molecule is CC(O)CC(C)CNC(=O)CC(c1ccccc1)C(F)(F)F. The van der Waals surface area contributed by atoms with Crippen LogP contribution in [0.5, 0.6) is 0 Å². The van der Waals surface area contributed by atoms with Crippen molar-refractivity contribution < 1.29 is 23.1 Å². The van der Waals surface area contributed by atoms with E-state index in [1.165, 1.54) is 24.3 Å². The second-order valence-corrected chi connectivity index (χ2v) is 5.70. The minimum Gasteiger partial charge on any atom is -0.393 e. The fraction of sp³-hybridized carbons (Fsp3) is 0.562. The molecule has 1 aromatic carbocycles. The highest BCUT2D eigenvalue weighted by atomic mass is 19.4. The summed E-state index contributed by atoms with van der Waals surface area (Å²) in [6.07, 6.45) is -5.11. The van der Waals surface area contributed by atoms with Crippen LogP contribution in [0.2, 0.25) is 0 Å². The topological polar surface area (TPSA) is 49.3 Å². The number of halogens is 3. The van der Waals surface area contributed by atoms with E-state index >= 15 is 0 Å². The second kappa shape index (κ2) is 8.17. The molecule has 1 amide bonds. The van der Waals surface area contributed by atoms with E-state index in [1.54, 1.807) is 13.0 Å². The number of nitrogens with one attached hydrogen (secondary N) is 1. The molecule has 0 aromatic heterocycles. The molecule has 2 N–H and O–H groups in total. The predicted molar refractivity (Wildman–Crippen MR) is 78.3 cm³/mol. The van der Waals surface area contributed by atoms with Gasteiger partial charge in [-0.05, 0) is 24.8 Å². The van der Waals surface area contributed by atoms with Gasteiger partial charge < -0.3 is 10.4 Å². The maximum Gasteiger partial charge on any atom is 0.396 e. The number of carbonyl (C=O) groups is 1. The van der Waals surface area contributed by atoms with Crippen molar-refractivity contribution in [1.29, 1.82) is 0 Å². The van der Waals surface area contributed by atoms with Gasteiger partial charge in [0, 0.05) is 13.0 Å². The Kier molecular flexibility index (Phi) is 6.87. The molecule has 0 saturated carbocycles. The van der Waals surface area contributed by atoms with Crippen molar-refractivity contribution in [1.82, 2.24) is 5.32 Å². The largest absolute Gasteiger partial charge is 0.396 e. The van der Waals surface area contributed by atoms with Crippen LogP contribution in [0.3, 0.4) is 0 Å². The van der Waals surface area contributed by atoms with Gasteiger partial charge in [0.25, 0.3) is 0 Å².